The van der Waals surface area contributed by atoms with Crippen molar-refractivity contribution in [2.75, 3.05) is 24.7 Å². The molecule has 0 saturated heterocycles. The number of anilines is 2. The molecular formula is C15H16N8O. The fraction of sp³-hybridized carbons (Fsp3) is 0.133. The fourth-order valence-electron chi connectivity index (χ4n) is 1.97. The van der Waals surface area contributed by atoms with Crippen molar-refractivity contribution in [1.29, 1.82) is 5.26 Å². The van der Waals surface area contributed by atoms with Crippen molar-refractivity contribution in [3.63, 3.8) is 0 Å². The predicted octanol–water partition coefficient (Wildman–Crippen LogP) is 0.0771. The largest absolute Gasteiger partial charge is 0.382 e. The Bertz CT molecular complexity index is 845. The number of nitrogen functional groups attached to an aromatic ring is 1. The number of hydrogen-bond donors (Lipinski definition) is 3. The lowest BCUT2D eigenvalue weighted by Gasteiger charge is -2.17. The molecule has 0 radical (unpaired) electrons. The molecule has 0 fully saturated rings. The summed E-state index contributed by atoms with van der Waals surface area (Å²) in [7, 11) is 3.54. The van der Waals surface area contributed by atoms with Crippen LogP contribution in [0.2, 0.25) is 0 Å². The van der Waals surface area contributed by atoms with Crippen LogP contribution < -0.4 is 22.1 Å². The maximum absolute atomic E-state index is 12.1. The average Bonchev–Trinajstić information content (AvgIpc) is 2.53. The Morgan fingerprint density at radius 1 is 1.21 bits per heavy atom. The molecule has 9 heteroatoms. The minimum absolute atomic E-state index is 0.0777. The van der Waals surface area contributed by atoms with Crippen LogP contribution >= 0.6 is 0 Å². The molecule has 1 amide bonds. The van der Waals surface area contributed by atoms with E-state index in [1.807, 2.05) is 6.07 Å². The van der Waals surface area contributed by atoms with Gasteiger partial charge in [-0.1, -0.05) is 12.1 Å². The number of nitrogens with two attached hydrogens (primary N) is 3. The molecule has 1 heterocycles. The zero-order valence-electron chi connectivity index (χ0n) is 13.2. The van der Waals surface area contributed by atoms with Gasteiger partial charge in [0.2, 0.25) is 0 Å². The first-order chi connectivity index (χ1) is 11.3. The van der Waals surface area contributed by atoms with E-state index in [4.69, 9.17) is 22.5 Å². The van der Waals surface area contributed by atoms with Crippen LogP contribution in [0.15, 0.2) is 29.3 Å². The summed E-state index contributed by atoms with van der Waals surface area (Å²) in [6.45, 7) is 0. The Hall–Kier alpha value is -3.67. The van der Waals surface area contributed by atoms with Crippen LogP contribution in [0.5, 0.6) is 0 Å². The molecule has 2 rings (SSSR count). The Labute approximate surface area is 138 Å². The predicted molar refractivity (Wildman–Crippen MR) is 91.1 cm³/mol. The second-order valence-corrected chi connectivity index (χ2v) is 5.06. The highest BCUT2D eigenvalue weighted by molar-refractivity contribution is 6.03. The minimum atomic E-state index is -0.778. The van der Waals surface area contributed by atoms with Gasteiger partial charge in [0.1, 0.15) is 5.69 Å². The van der Waals surface area contributed by atoms with Gasteiger partial charge < -0.3 is 22.1 Å². The van der Waals surface area contributed by atoms with Gasteiger partial charge in [-0.15, -0.1) is 0 Å². The van der Waals surface area contributed by atoms with Gasteiger partial charge >= 0.3 is 5.91 Å². The smallest absolute Gasteiger partial charge is 0.302 e. The number of carbonyl (C=O) groups excluding carboxylic acids is 1. The van der Waals surface area contributed by atoms with Crippen LogP contribution in [0.1, 0.15) is 16.1 Å². The first-order valence-electron chi connectivity index (χ1n) is 6.82. The summed E-state index contributed by atoms with van der Waals surface area (Å²) in [4.78, 5) is 25.7. The third-order valence-electron chi connectivity index (χ3n) is 3.05. The highest BCUT2D eigenvalue weighted by Crippen LogP contribution is 2.28. The zero-order chi connectivity index (χ0) is 17.9. The lowest BCUT2D eigenvalue weighted by molar-refractivity contribution is 0.0998. The van der Waals surface area contributed by atoms with Crippen LogP contribution in [0.25, 0.3) is 11.3 Å². The quantitative estimate of drug-likeness (QED) is 0.528. The maximum atomic E-state index is 12.1. The van der Waals surface area contributed by atoms with E-state index in [1.165, 1.54) is 0 Å². The SMILES string of the molecule is CN(C)c1nc(N)c(C(=O)N=C(N)N)nc1-c1ccc(C#N)cc1. The monoisotopic (exact) mass is 324 g/mol. The van der Waals surface area contributed by atoms with Crippen molar-refractivity contribution in [2.45, 2.75) is 0 Å². The van der Waals surface area contributed by atoms with Crippen LogP contribution in [-0.2, 0) is 0 Å². The molecule has 122 valence electrons. The first kappa shape index (κ1) is 16.7. The fourth-order valence-corrected chi connectivity index (χ4v) is 1.97. The van der Waals surface area contributed by atoms with E-state index < -0.39 is 11.9 Å². The van der Waals surface area contributed by atoms with E-state index in [0.29, 0.717) is 22.6 Å². The van der Waals surface area contributed by atoms with Gasteiger partial charge in [-0.05, 0) is 12.1 Å². The van der Waals surface area contributed by atoms with Crippen molar-refractivity contribution in [2.24, 2.45) is 16.5 Å². The molecule has 24 heavy (non-hydrogen) atoms. The Morgan fingerprint density at radius 3 is 2.33 bits per heavy atom. The van der Waals surface area contributed by atoms with Gasteiger partial charge in [-0.2, -0.15) is 10.3 Å². The number of aromatic nitrogens is 2. The Morgan fingerprint density at radius 2 is 1.83 bits per heavy atom. The van der Waals surface area contributed by atoms with Gasteiger partial charge in [0, 0.05) is 19.7 Å². The average molecular weight is 324 g/mol. The molecule has 0 bridgehead atoms. The van der Waals surface area contributed by atoms with Gasteiger partial charge in [0.15, 0.2) is 23.3 Å². The summed E-state index contributed by atoms with van der Waals surface area (Å²) in [5, 5.41) is 8.89. The molecule has 0 aliphatic heterocycles. The summed E-state index contributed by atoms with van der Waals surface area (Å²) in [6, 6.07) is 8.74. The number of nitrogens with zero attached hydrogens (tertiary/aromatic N) is 5. The molecular weight excluding hydrogens is 308 g/mol. The second-order valence-electron chi connectivity index (χ2n) is 5.06. The van der Waals surface area contributed by atoms with Crippen LogP contribution in [0.4, 0.5) is 11.6 Å². The van der Waals surface area contributed by atoms with Crippen LogP contribution in [-0.4, -0.2) is 35.9 Å². The van der Waals surface area contributed by atoms with E-state index in [-0.39, 0.29) is 11.5 Å². The molecule has 9 nitrogen and oxygen atoms in total. The number of carbonyl (C=O) groups is 1. The molecule has 0 saturated carbocycles. The molecule has 6 N–H and O–H groups in total. The first-order valence-corrected chi connectivity index (χ1v) is 6.82. The third-order valence-corrected chi connectivity index (χ3v) is 3.05. The minimum Gasteiger partial charge on any atom is -0.382 e. The lowest BCUT2D eigenvalue weighted by atomic mass is 10.1. The van der Waals surface area contributed by atoms with Crippen molar-refractivity contribution >= 4 is 23.5 Å². The van der Waals surface area contributed by atoms with E-state index in [0.717, 1.165) is 0 Å². The molecule has 1 aromatic carbocycles. The number of aliphatic imine (C=N–C) groups is 1. The van der Waals surface area contributed by atoms with Gasteiger partial charge in [0.25, 0.3) is 0 Å². The summed E-state index contributed by atoms with van der Waals surface area (Å²) >= 11 is 0. The summed E-state index contributed by atoms with van der Waals surface area (Å²) in [5.74, 6) is -0.775. The topological polar surface area (TPSA) is 160 Å². The van der Waals surface area contributed by atoms with Crippen LogP contribution in [0.3, 0.4) is 0 Å². The highest BCUT2D eigenvalue weighted by atomic mass is 16.1. The molecule has 0 atom stereocenters. The Kier molecular flexibility index (Phi) is 4.60. The van der Waals surface area contributed by atoms with Crippen molar-refractivity contribution < 1.29 is 4.79 Å². The highest BCUT2D eigenvalue weighted by Gasteiger charge is 2.19. The van der Waals surface area contributed by atoms with Crippen LogP contribution in [0, 0.1) is 11.3 Å². The number of benzene rings is 1. The summed E-state index contributed by atoms with van der Waals surface area (Å²) in [5.41, 5.74) is 17.7. The summed E-state index contributed by atoms with van der Waals surface area (Å²) < 4.78 is 0. The molecule has 0 unspecified atom stereocenters. The van der Waals surface area contributed by atoms with E-state index in [9.17, 15) is 4.79 Å². The molecule has 1 aromatic heterocycles. The number of hydrogen-bond acceptors (Lipinski definition) is 6. The maximum Gasteiger partial charge on any atom is 0.302 e. The molecule has 0 aliphatic rings. The number of nitriles is 1. The zero-order valence-corrected chi connectivity index (χ0v) is 13.2. The van der Waals surface area contributed by atoms with Gasteiger partial charge in [-0.25, -0.2) is 9.97 Å². The van der Waals surface area contributed by atoms with Gasteiger partial charge in [-0.3, -0.25) is 4.79 Å². The van der Waals surface area contributed by atoms with Crippen molar-refractivity contribution in [1.82, 2.24) is 9.97 Å². The summed E-state index contributed by atoms with van der Waals surface area (Å²) in [6.07, 6.45) is 0. The Balaban J connectivity index is 2.65. The van der Waals surface area contributed by atoms with Gasteiger partial charge in [0.05, 0.1) is 11.6 Å². The van der Waals surface area contributed by atoms with E-state index in [1.54, 1.807) is 43.3 Å². The van der Waals surface area contributed by atoms with Crippen molar-refractivity contribution in [3.05, 3.63) is 35.5 Å². The van der Waals surface area contributed by atoms with E-state index >= 15 is 0 Å². The normalized spacial score (nSPS) is 9.88. The lowest BCUT2D eigenvalue weighted by Crippen LogP contribution is -2.25. The molecule has 2 aromatic rings. The molecule has 0 aliphatic carbocycles. The molecule has 0 spiro atoms. The second kappa shape index (κ2) is 6.62. The third kappa shape index (κ3) is 3.38. The van der Waals surface area contributed by atoms with E-state index in [2.05, 4.69) is 15.0 Å². The van der Waals surface area contributed by atoms with Crippen molar-refractivity contribution in [3.8, 4) is 17.3 Å². The number of amides is 1. The number of rotatable bonds is 3. The standard InChI is InChI=1S/C15H16N8O/c1-23(2)13-10(9-5-3-8(7-16)4-6-9)20-11(12(17)21-13)14(24)22-15(18)19/h3-6H,1-2H3,(H2,17,21)(H4,18,19,22,24). The number of guanidine groups is 1.